The van der Waals surface area contributed by atoms with Crippen LogP contribution in [0.15, 0.2) is 77.5 Å². The van der Waals surface area contributed by atoms with Gasteiger partial charge in [-0.25, -0.2) is 4.79 Å². The quantitative estimate of drug-likeness (QED) is 0.506. The van der Waals surface area contributed by atoms with Crippen LogP contribution in [-0.2, 0) is 16.1 Å². The number of fused-ring (bicyclic) bond motifs is 1. The van der Waals surface area contributed by atoms with E-state index in [0.29, 0.717) is 18.0 Å². The topological polar surface area (TPSA) is 86.4 Å². The minimum absolute atomic E-state index is 0.0389. The Balaban J connectivity index is 1.39. The number of benzene rings is 2. The summed E-state index contributed by atoms with van der Waals surface area (Å²) >= 11 is 0. The van der Waals surface area contributed by atoms with Crippen molar-refractivity contribution < 1.29 is 18.7 Å². The summed E-state index contributed by atoms with van der Waals surface area (Å²) in [5.74, 6) is -0.513. The van der Waals surface area contributed by atoms with Gasteiger partial charge in [-0.3, -0.25) is 9.48 Å². The van der Waals surface area contributed by atoms with Gasteiger partial charge in [0.2, 0.25) is 5.76 Å². The van der Waals surface area contributed by atoms with Crippen LogP contribution < -0.4 is 5.32 Å². The van der Waals surface area contributed by atoms with Gasteiger partial charge in [-0.05, 0) is 36.6 Å². The molecule has 29 heavy (non-hydrogen) atoms. The summed E-state index contributed by atoms with van der Waals surface area (Å²) in [4.78, 5) is 24.8. The van der Waals surface area contributed by atoms with E-state index in [1.807, 2.05) is 42.5 Å². The smallest absolute Gasteiger partial charge is 0.375 e. The fraction of sp³-hybridized carbons (Fsp3) is 0.136. The number of carbonyl (C=O) groups is 2. The van der Waals surface area contributed by atoms with Crippen LogP contribution >= 0.6 is 0 Å². The van der Waals surface area contributed by atoms with Crippen LogP contribution in [0.2, 0.25) is 0 Å². The predicted molar refractivity (Wildman–Crippen MR) is 107 cm³/mol. The van der Waals surface area contributed by atoms with Gasteiger partial charge in [-0.1, -0.05) is 36.4 Å². The number of nitrogens with one attached hydrogen (secondary N) is 1. The van der Waals surface area contributed by atoms with E-state index in [-0.39, 0.29) is 5.76 Å². The molecule has 0 aliphatic carbocycles. The van der Waals surface area contributed by atoms with Crippen LogP contribution in [0.1, 0.15) is 23.2 Å². The minimum Gasteiger partial charge on any atom is -0.452 e. The zero-order valence-corrected chi connectivity index (χ0v) is 15.7. The molecule has 0 saturated heterocycles. The van der Waals surface area contributed by atoms with E-state index in [1.165, 1.54) is 13.0 Å². The number of ether oxygens (including phenoxy) is 1. The fourth-order valence-electron chi connectivity index (χ4n) is 2.97. The average Bonchev–Trinajstić information content (AvgIpc) is 3.41. The molecule has 146 valence electrons. The van der Waals surface area contributed by atoms with Crippen molar-refractivity contribution >= 4 is 28.3 Å². The number of amides is 1. The summed E-state index contributed by atoms with van der Waals surface area (Å²) in [6, 6.07) is 18.4. The zero-order chi connectivity index (χ0) is 20.2. The van der Waals surface area contributed by atoms with Crippen molar-refractivity contribution in [3.05, 3.63) is 84.6 Å². The highest BCUT2D eigenvalue weighted by Crippen LogP contribution is 2.23. The third-order valence-electron chi connectivity index (χ3n) is 4.44. The summed E-state index contributed by atoms with van der Waals surface area (Å²) < 4.78 is 12.4. The monoisotopic (exact) mass is 389 g/mol. The normalized spacial score (nSPS) is 11.9. The lowest BCUT2D eigenvalue weighted by Gasteiger charge is -2.14. The summed E-state index contributed by atoms with van der Waals surface area (Å²) in [6.45, 7) is 1.92. The van der Waals surface area contributed by atoms with Gasteiger partial charge in [0.15, 0.2) is 6.10 Å². The van der Waals surface area contributed by atoms with Crippen LogP contribution in [0.25, 0.3) is 10.8 Å². The molecule has 1 atom stereocenters. The molecule has 1 unspecified atom stereocenters. The van der Waals surface area contributed by atoms with Crippen molar-refractivity contribution in [3.63, 3.8) is 0 Å². The molecule has 0 fully saturated rings. The lowest BCUT2D eigenvalue weighted by Crippen LogP contribution is -2.30. The molecule has 7 heteroatoms. The maximum atomic E-state index is 12.5. The van der Waals surface area contributed by atoms with Crippen molar-refractivity contribution in [3.8, 4) is 0 Å². The first-order valence-electron chi connectivity index (χ1n) is 9.16. The van der Waals surface area contributed by atoms with Gasteiger partial charge >= 0.3 is 5.97 Å². The second-order valence-electron chi connectivity index (χ2n) is 6.53. The van der Waals surface area contributed by atoms with Gasteiger partial charge in [0.1, 0.15) is 5.76 Å². The lowest BCUT2D eigenvalue weighted by atomic mass is 10.1. The molecule has 0 aliphatic heterocycles. The van der Waals surface area contributed by atoms with E-state index in [2.05, 4.69) is 10.4 Å². The Labute approximate surface area is 166 Å². The molecule has 0 spiro atoms. The Kier molecular flexibility index (Phi) is 5.11. The first-order valence-corrected chi connectivity index (χ1v) is 9.16. The average molecular weight is 389 g/mol. The fourth-order valence-corrected chi connectivity index (χ4v) is 2.97. The molecule has 1 amide bonds. The number of anilines is 1. The highest BCUT2D eigenvalue weighted by molar-refractivity contribution is 6.04. The summed E-state index contributed by atoms with van der Waals surface area (Å²) in [6.07, 6.45) is 2.47. The molecule has 2 heterocycles. The Morgan fingerprint density at radius 2 is 1.93 bits per heavy atom. The second kappa shape index (κ2) is 8.02. The van der Waals surface area contributed by atoms with Crippen molar-refractivity contribution in [1.82, 2.24) is 9.78 Å². The third-order valence-corrected chi connectivity index (χ3v) is 4.44. The molecule has 7 nitrogen and oxygen atoms in total. The van der Waals surface area contributed by atoms with Crippen LogP contribution in [0.5, 0.6) is 0 Å². The third kappa shape index (κ3) is 4.19. The van der Waals surface area contributed by atoms with E-state index in [9.17, 15) is 9.59 Å². The molecule has 0 aliphatic rings. The lowest BCUT2D eigenvalue weighted by molar-refractivity contribution is -0.123. The Hall–Kier alpha value is -3.87. The number of esters is 1. The Morgan fingerprint density at radius 3 is 2.76 bits per heavy atom. The SMILES string of the molecule is CC(OC(=O)c1ccc(Cn2cccn2)o1)C(=O)Nc1cccc2ccccc12. The molecule has 0 radical (unpaired) electrons. The summed E-state index contributed by atoms with van der Waals surface area (Å²) in [5, 5.41) is 8.83. The van der Waals surface area contributed by atoms with E-state index >= 15 is 0 Å². The van der Waals surface area contributed by atoms with Gasteiger partial charge in [0, 0.05) is 23.5 Å². The van der Waals surface area contributed by atoms with Crippen molar-refractivity contribution in [2.45, 2.75) is 19.6 Å². The highest BCUT2D eigenvalue weighted by atomic mass is 16.6. The molecular weight excluding hydrogens is 370 g/mol. The Bertz CT molecular complexity index is 1140. The molecule has 0 saturated carbocycles. The molecule has 2 aromatic carbocycles. The number of carbonyl (C=O) groups excluding carboxylic acids is 2. The van der Waals surface area contributed by atoms with Crippen LogP contribution in [0.4, 0.5) is 5.69 Å². The van der Waals surface area contributed by atoms with E-state index in [1.54, 1.807) is 29.2 Å². The number of rotatable bonds is 6. The van der Waals surface area contributed by atoms with Gasteiger partial charge < -0.3 is 14.5 Å². The molecule has 2 aromatic heterocycles. The van der Waals surface area contributed by atoms with Crippen LogP contribution in [-0.4, -0.2) is 27.8 Å². The largest absolute Gasteiger partial charge is 0.452 e. The Morgan fingerprint density at radius 1 is 1.10 bits per heavy atom. The molecule has 1 N–H and O–H groups in total. The highest BCUT2D eigenvalue weighted by Gasteiger charge is 2.22. The second-order valence-corrected chi connectivity index (χ2v) is 6.53. The van der Waals surface area contributed by atoms with Crippen molar-refractivity contribution in [2.75, 3.05) is 5.32 Å². The van der Waals surface area contributed by atoms with E-state index in [0.717, 1.165) is 10.8 Å². The van der Waals surface area contributed by atoms with Crippen molar-refractivity contribution in [2.24, 2.45) is 0 Å². The number of hydrogen-bond acceptors (Lipinski definition) is 5. The number of aromatic nitrogens is 2. The predicted octanol–water partition coefficient (Wildman–Crippen LogP) is 3.86. The summed E-state index contributed by atoms with van der Waals surface area (Å²) in [7, 11) is 0. The molecule has 0 bridgehead atoms. The van der Waals surface area contributed by atoms with Crippen molar-refractivity contribution in [1.29, 1.82) is 0 Å². The molecule has 4 rings (SSSR count). The first kappa shape index (κ1) is 18.5. The first-order chi connectivity index (χ1) is 14.1. The number of furan rings is 1. The summed E-state index contributed by atoms with van der Waals surface area (Å²) in [5.41, 5.74) is 0.663. The number of hydrogen-bond donors (Lipinski definition) is 1. The van der Waals surface area contributed by atoms with Gasteiger partial charge in [0.05, 0.1) is 6.54 Å². The van der Waals surface area contributed by atoms with E-state index < -0.39 is 18.0 Å². The maximum absolute atomic E-state index is 12.5. The standard InChI is InChI=1S/C22H19N3O4/c1-15(21(26)24-19-9-4-7-16-6-2-3-8-18(16)19)28-22(27)20-11-10-17(29-20)14-25-13-5-12-23-25/h2-13,15H,14H2,1H3,(H,24,26). The number of nitrogens with zero attached hydrogens (tertiary/aromatic N) is 2. The van der Waals surface area contributed by atoms with Gasteiger partial charge in [-0.15, -0.1) is 0 Å². The maximum Gasteiger partial charge on any atom is 0.375 e. The molecular formula is C22H19N3O4. The van der Waals surface area contributed by atoms with E-state index in [4.69, 9.17) is 9.15 Å². The van der Waals surface area contributed by atoms with Crippen LogP contribution in [0, 0.1) is 0 Å². The van der Waals surface area contributed by atoms with Crippen LogP contribution in [0.3, 0.4) is 0 Å². The van der Waals surface area contributed by atoms with Gasteiger partial charge in [0.25, 0.3) is 5.91 Å². The zero-order valence-electron chi connectivity index (χ0n) is 15.7. The minimum atomic E-state index is -0.985. The molecule has 4 aromatic rings. The van der Waals surface area contributed by atoms with Gasteiger partial charge in [-0.2, -0.15) is 5.10 Å².